The molecule has 2 saturated heterocycles. The lowest BCUT2D eigenvalue weighted by atomic mass is 9.94. The van der Waals surface area contributed by atoms with Gasteiger partial charge in [0.05, 0.1) is 0 Å². The van der Waals surface area contributed by atoms with Crippen molar-refractivity contribution in [1.29, 1.82) is 0 Å². The van der Waals surface area contributed by atoms with Crippen molar-refractivity contribution in [1.82, 2.24) is 8.61 Å². The predicted octanol–water partition coefficient (Wildman–Crippen LogP) is 1.02. The Balaban J connectivity index is 2.16. The highest BCUT2D eigenvalue weighted by atomic mass is 32.2. The summed E-state index contributed by atoms with van der Waals surface area (Å²) in [6, 6.07) is -0.00807. The van der Waals surface area contributed by atoms with Crippen molar-refractivity contribution in [2.24, 2.45) is 17.6 Å². The largest absolute Gasteiger partial charge is 0.329 e. The molecule has 0 bridgehead atoms. The zero-order valence-electron chi connectivity index (χ0n) is 12.1. The number of nitrogens with two attached hydrogens (primary N) is 1. The van der Waals surface area contributed by atoms with Crippen LogP contribution >= 0.6 is 0 Å². The zero-order valence-corrected chi connectivity index (χ0v) is 12.9. The van der Waals surface area contributed by atoms with Gasteiger partial charge in [0.2, 0.25) is 0 Å². The Morgan fingerprint density at radius 1 is 1.16 bits per heavy atom. The van der Waals surface area contributed by atoms with Crippen molar-refractivity contribution in [3.8, 4) is 0 Å². The summed E-state index contributed by atoms with van der Waals surface area (Å²) in [5.41, 5.74) is 5.75. The van der Waals surface area contributed by atoms with Crippen LogP contribution in [0.1, 0.15) is 39.5 Å². The minimum Gasteiger partial charge on any atom is -0.329 e. The molecule has 0 unspecified atom stereocenters. The maximum atomic E-state index is 12.8. The smallest absolute Gasteiger partial charge is 0.282 e. The van der Waals surface area contributed by atoms with Crippen LogP contribution in [0.2, 0.25) is 0 Å². The van der Waals surface area contributed by atoms with Crippen molar-refractivity contribution in [3.05, 3.63) is 0 Å². The molecular formula is C13H27N3O2S. The van der Waals surface area contributed by atoms with E-state index in [1.165, 1.54) is 0 Å². The molecule has 0 aromatic rings. The summed E-state index contributed by atoms with van der Waals surface area (Å²) >= 11 is 0. The van der Waals surface area contributed by atoms with E-state index in [4.69, 9.17) is 5.73 Å². The van der Waals surface area contributed by atoms with Gasteiger partial charge in [-0.25, -0.2) is 0 Å². The molecule has 2 aliphatic rings. The number of hydrogen-bond donors (Lipinski definition) is 1. The Morgan fingerprint density at radius 3 is 2.37 bits per heavy atom. The molecule has 5 nitrogen and oxygen atoms in total. The fraction of sp³-hybridized carbons (Fsp3) is 1.00. The monoisotopic (exact) mass is 289 g/mol. The van der Waals surface area contributed by atoms with Gasteiger partial charge in [-0.1, -0.05) is 20.3 Å². The van der Waals surface area contributed by atoms with E-state index in [1.807, 2.05) is 0 Å². The molecule has 2 heterocycles. The maximum Gasteiger partial charge on any atom is 0.282 e. The number of rotatable bonds is 3. The van der Waals surface area contributed by atoms with Gasteiger partial charge in [0.15, 0.2) is 0 Å². The Hall–Kier alpha value is -0.170. The first kappa shape index (κ1) is 15.2. The second-order valence-corrected chi connectivity index (χ2v) is 8.15. The summed E-state index contributed by atoms with van der Waals surface area (Å²) in [6.07, 6.45) is 4.05. The Labute approximate surface area is 117 Å². The summed E-state index contributed by atoms with van der Waals surface area (Å²) in [5.74, 6) is 0.888. The summed E-state index contributed by atoms with van der Waals surface area (Å²) < 4.78 is 28.9. The first-order valence-electron chi connectivity index (χ1n) is 7.42. The van der Waals surface area contributed by atoms with Gasteiger partial charge in [-0.2, -0.15) is 17.0 Å². The van der Waals surface area contributed by atoms with Crippen molar-refractivity contribution in [2.75, 3.05) is 26.2 Å². The lowest BCUT2D eigenvalue weighted by Gasteiger charge is -2.41. The minimum absolute atomic E-state index is 0.00807. The van der Waals surface area contributed by atoms with Crippen LogP contribution in [0.15, 0.2) is 0 Å². The highest BCUT2D eigenvalue weighted by Crippen LogP contribution is 2.28. The molecule has 0 aromatic heterocycles. The molecule has 2 N–H and O–H groups in total. The molecule has 2 fully saturated rings. The summed E-state index contributed by atoms with van der Waals surface area (Å²) in [5, 5.41) is 0. The van der Waals surface area contributed by atoms with E-state index in [1.54, 1.807) is 8.61 Å². The average Bonchev–Trinajstić information content (AvgIpc) is 2.37. The highest BCUT2D eigenvalue weighted by Gasteiger charge is 2.38. The third-order valence-corrected chi connectivity index (χ3v) is 6.33. The van der Waals surface area contributed by atoms with Gasteiger partial charge in [0.25, 0.3) is 10.2 Å². The number of piperidine rings is 2. The fourth-order valence-electron chi connectivity index (χ4n) is 3.46. The van der Waals surface area contributed by atoms with Crippen LogP contribution in [0.3, 0.4) is 0 Å². The summed E-state index contributed by atoms with van der Waals surface area (Å²) in [7, 11) is -3.33. The molecule has 19 heavy (non-hydrogen) atoms. The number of hydrogen-bond acceptors (Lipinski definition) is 3. The minimum atomic E-state index is -3.33. The van der Waals surface area contributed by atoms with E-state index in [2.05, 4.69) is 13.8 Å². The summed E-state index contributed by atoms with van der Waals surface area (Å²) in [4.78, 5) is 0. The van der Waals surface area contributed by atoms with Crippen molar-refractivity contribution in [2.45, 2.75) is 45.6 Å². The molecule has 0 aliphatic carbocycles. The second-order valence-electron chi connectivity index (χ2n) is 6.27. The van der Waals surface area contributed by atoms with Gasteiger partial charge >= 0.3 is 0 Å². The van der Waals surface area contributed by atoms with Crippen LogP contribution in [-0.2, 0) is 10.2 Å². The van der Waals surface area contributed by atoms with E-state index in [-0.39, 0.29) is 6.04 Å². The van der Waals surface area contributed by atoms with Crippen molar-refractivity contribution < 1.29 is 8.42 Å². The van der Waals surface area contributed by atoms with Gasteiger partial charge in [-0.05, 0) is 31.1 Å². The van der Waals surface area contributed by atoms with Crippen LogP contribution in [0.5, 0.6) is 0 Å². The standard InChI is InChI=1S/C13H27N3O2S/c1-11-7-12(2)10-15(9-11)19(17,18)16-6-4-3-5-13(16)8-14/h11-13H,3-10,14H2,1-2H3/t11-,12+,13-/m1/s1. The molecule has 2 aliphatic heterocycles. The van der Waals surface area contributed by atoms with Crippen LogP contribution in [0.4, 0.5) is 0 Å². The molecule has 0 radical (unpaired) electrons. The lowest BCUT2D eigenvalue weighted by Crippen LogP contribution is -2.55. The van der Waals surface area contributed by atoms with Crippen LogP contribution in [-0.4, -0.2) is 49.2 Å². The third kappa shape index (κ3) is 3.29. The average molecular weight is 289 g/mol. The second kappa shape index (κ2) is 6.08. The maximum absolute atomic E-state index is 12.8. The van der Waals surface area contributed by atoms with E-state index >= 15 is 0 Å². The molecule has 0 amide bonds. The molecule has 112 valence electrons. The topological polar surface area (TPSA) is 66.6 Å². The highest BCUT2D eigenvalue weighted by molar-refractivity contribution is 7.86. The van der Waals surface area contributed by atoms with Gasteiger partial charge in [-0.15, -0.1) is 0 Å². The zero-order chi connectivity index (χ0) is 14.0. The molecule has 0 spiro atoms. The Bertz CT molecular complexity index is 389. The quantitative estimate of drug-likeness (QED) is 0.843. The first-order valence-corrected chi connectivity index (χ1v) is 8.81. The number of nitrogens with zero attached hydrogens (tertiary/aromatic N) is 2. The van der Waals surface area contributed by atoms with Crippen molar-refractivity contribution in [3.63, 3.8) is 0 Å². The van der Waals surface area contributed by atoms with Gasteiger partial charge in [0, 0.05) is 32.2 Å². The van der Waals surface area contributed by atoms with Crippen LogP contribution in [0, 0.1) is 11.8 Å². The van der Waals surface area contributed by atoms with Gasteiger partial charge in [0.1, 0.15) is 0 Å². The fourth-order valence-corrected chi connectivity index (χ4v) is 5.57. The van der Waals surface area contributed by atoms with Crippen molar-refractivity contribution >= 4 is 10.2 Å². The SMILES string of the molecule is C[C@@H]1C[C@H](C)CN(S(=O)(=O)N2CCCC[C@@H]2CN)C1. The predicted molar refractivity (Wildman–Crippen MR) is 76.8 cm³/mol. The Kier molecular flexibility index (Phi) is 4.87. The van der Waals surface area contributed by atoms with E-state index in [0.717, 1.165) is 25.7 Å². The first-order chi connectivity index (χ1) is 8.95. The van der Waals surface area contributed by atoms with E-state index in [9.17, 15) is 8.42 Å². The molecule has 3 atom stereocenters. The molecular weight excluding hydrogens is 262 g/mol. The van der Waals surface area contributed by atoms with Gasteiger partial charge < -0.3 is 5.73 Å². The molecule has 0 saturated carbocycles. The summed E-state index contributed by atoms with van der Waals surface area (Å²) in [6.45, 7) is 6.63. The Morgan fingerprint density at radius 2 is 1.79 bits per heavy atom. The normalized spacial score (nSPS) is 35.4. The molecule has 0 aromatic carbocycles. The molecule has 2 rings (SSSR count). The van der Waals surface area contributed by atoms with Crippen LogP contribution in [0.25, 0.3) is 0 Å². The van der Waals surface area contributed by atoms with Crippen LogP contribution < -0.4 is 5.73 Å². The lowest BCUT2D eigenvalue weighted by molar-refractivity contribution is 0.187. The van der Waals surface area contributed by atoms with E-state index < -0.39 is 10.2 Å². The molecule has 6 heteroatoms. The van der Waals surface area contributed by atoms with Gasteiger partial charge in [-0.3, -0.25) is 0 Å². The van der Waals surface area contributed by atoms with E-state index in [0.29, 0.717) is 38.0 Å². The third-order valence-electron chi connectivity index (χ3n) is 4.30.